The van der Waals surface area contributed by atoms with Gasteiger partial charge in [0.25, 0.3) is 0 Å². The fourth-order valence-corrected chi connectivity index (χ4v) is 1.79. The van der Waals surface area contributed by atoms with E-state index in [0.29, 0.717) is 11.5 Å². The predicted molar refractivity (Wildman–Crippen MR) is 64.0 cm³/mol. The molecular weight excluding hydrogens is 228 g/mol. The molecule has 0 bridgehead atoms. The van der Waals surface area contributed by atoms with Crippen LogP contribution in [0.5, 0.6) is 0 Å². The van der Waals surface area contributed by atoms with Crippen LogP contribution in [0, 0.1) is 5.92 Å². The summed E-state index contributed by atoms with van der Waals surface area (Å²) in [4.78, 5) is 32.9. The highest BCUT2D eigenvalue weighted by atomic mass is 32.2. The van der Waals surface area contributed by atoms with Crippen molar-refractivity contribution in [3.05, 3.63) is 0 Å². The van der Waals surface area contributed by atoms with Crippen molar-refractivity contribution in [3.63, 3.8) is 0 Å². The molecule has 0 spiro atoms. The van der Waals surface area contributed by atoms with Crippen molar-refractivity contribution < 1.29 is 14.4 Å². The largest absolute Gasteiger partial charge is 0.368 e. The number of nitrogens with one attached hydrogen (secondary N) is 1. The molecular formula is C10H18N2O3S. The summed E-state index contributed by atoms with van der Waals surface area (Å²) in [5, 5.41) is 2.51. The molecule has 0 aliphatic heterocycles. The van der Waals surface area contributed by atoms with Crippen molar-refractivity contribution in [3.8, 4) is 0 Å². The molecule has 0 aliphatic rings. The van der Waals surface area contributed by atoms with Gasteiger partial charge >= 0.3 is 0 Å². The first-order valence-electron chi connectivity index (χ1n) is 5.01. The highest BCUT2D eigenvalue weighted by Gasteiger charge is 2.17. The average molecular weight is 246 g/mol. The highest BCUT2D eigenvalue weighted by molar-refractivity contribution is 7.99. The van der Waals surface area contributed by atoms with E-state index in [1.54, 1.807) is 6.92 Å². The molecule has 16 heavy (non-hydrogen) atoms. The lowest BCUT2D eigenvalue weighted by Gasteiger charge is -2.14. The zero-order valence-electron chi connectivity index (χ0n) is 9.78. The van der Waals surface area contributed by atoms with Gasteiger partial charge in [-0.15, -0.1) is 0 Å². The number of carbonyl (C=O) groups is 3. The molecule has 3 N–H and O–H groups in total. The van der Waals surface area contributed by atoms with Gasteiger partial charge in [0, 0.05) is 11.7 Å². The zero-order chi connectivity index (χ0) is 12.7. The summed E-state index contributed by atoms with van der Waals surface area (Å²) in [5.41, 5.74) is 5.02. The van der Waals surface area contributed by atoms with Gasteiger partial charge in [-0.25, -0.2) is 0 Å². The molecule has 2 atom stereocenters. The Morgan fingerprint density at radius 3 is 2.31 bits per heavy atom. The molecule has 2 amide bonds. The van der Waals surface area contributed by atoms with Crippen molar-refractivity contribution >= 4 is 29.4 Å². The fourth-order valence-electron chi connectivity index (χ4n) is 0.882. The highest BCUT2D eigenvalue weighted by Crippen LogP contribution is 2.08. The Balaban J connectivity index is 3.90. The lowest BCUT2D eigenvalue weighted by molar-refractivity contribution is -0.128. The van der Waals surface area contributed by atoms with E-state index in [9.17, 15) is 14.4 Å². The van der Waals surface area contributed by atoms with E-state index in [0.717, 1.165) is 0 Å². The van der Waals surface area contributed by atoms with Gasteiger partial charge in [-0.3, -0.25) is 14.4 Å². The van der Waals surface area contributed by atoms with Gasteiger partial charge in [-0.05, 0) is 13.8 Å². The van der Waals surface area contributed by atoms with Crippen LogP contribution < -0.4 is 11.1 Å². The zero-order valence-corrected chi connectivity index (χ0v) is 10.6. The minimum Gasteiger partial charge on any atom is -0.368 e. The third kappa shape index (κ3) is 6.44. The van der Waals surface area contributed by atoms with Crippen LogP contribution >= 0.6 is 11.8 Å². The molecule has 0 aromatic heterocycles. The lowest BCUT2D eigenvalue weighted by Crippen LogP contribution is -2.44. The van der Waals surface area contributed by atoms with Crippen LogP contribution in [0.4, 0.5) is 0 Å². The molecule has 0 fully saturated rings. The van der Waals surface area contributed by atoms with Gasteiger partial charge in [-0.2, -0.15) is 11.8 Å². The van der Waals surface area contributed by atoms with Gasteiger partial charge in [0.2, 0.25) is 11.8 Å². The van der Waals surface area contributed by atoms with E-state index in [2.05, 4.69) is 5.32 Å². The quantitative estimate of drug-likeness (QED) is 0.658. The number of ketones is 1. The Bertz CT molecular complexity index is 281. The third-order valence-corrected chi connectivity index (χ3v) is 3.25. The second kappa shape index (κ2) is 7.27. The first-order chi connectivity index (χ1) is 7.34. The fraction of sp³-hybridized carbons (Fsp3) is 0.700. The second-order valence-electron chi connectivity index (χ2n) is 3.75. The summed E-state index contributed by atoms with van der Waals surface area (Å²) in [7, 11) is 0. The van der Waals surface area contributed by atoms with Gasteiger partial charge in [0.05, 0.1) is 5.75 Å². The van der Waals surface area contributed by atoms with Crippen LogP contribution in [0.25, 0.3) is 0 Å². The van der Waals surface area contributed by atoms with Crippen LogP contribution in [-0.2, 0) is 14.4 Å². The molecule has 0 saturated carbocycles. The van der Waals surface area contributed by atoms with E-state index in [4.69, 9.17) is 5.73 Å². The van der Waals surface area contributed by atoms with Crippen LogP contribution in [-0.4, -0.2) is 35.1 Å². The topological polar surface area (TPSA) is 89.3 Å². The number of primary amides is 1. The number of thioether (sulfide) groups is 1. The average Bonchev–Trinajstić information content (AvgIpc) is 2.16. The number of carbonyl (C=O) groups excluding carboxylic acids is 3. The summed E-state index contributed by atoms with van der Waals surface area (Å²) < 4.78 is 0. The number of nitrogens with two attached hydrogens (primary N) is 1. The Hall–Kier alpha value is -1.04. The molecule has 0 aliphatic carbocycles. The molecule has 0 radical (unpaired) electrons. The van der Waals surface area contributed by atoms with Crippen LogP contribution in [0.3, 0.4) is 0 Å². The van der Waals surface area contributed by atoms with Gasteiger partial charge in [0.15, 0.2) is 0 Å². The predicted octanol–water partition coefficient (Wildman–Crippen LogP) is -0.0653. The lowest BCUT2D eigenvalue weighted by atomic mass is 10.2. The van der Waals surface area contributed by atoms with Crippen molar-refractivity contribution in [2.75, 3.05) is 11.5 Å². The summed E-state index contributed by atoms with van der Waals surface area (Å²) in [6, 6.07) is -0.659. The number of hydrogen-bond acceptors (Lipinski definition) is 4. The number of hydrogen-bond donors (Lipinski definition) is 2. The molecule has 0 aromatic rings. The number of Topliss-reactive ketones (excluding diaryl/α,β-unsaturated/α-hetero) is 1. The van der Waals surface area contributed by atoms with Gasteiger partial charge < -0.3 is 11.1 Å². The molecule has 0 heterocycles. The molecule has 92 valence electrons. The minimum atomic E-state index is -0.659. The monoisotopic (exact) mass is 246 g/mol. The number of amides is 2. The van der Waals surface area contributed by atoms with Crippen molar-refractivity contribution in [2.45, 2.75) is 26.8 Å². The van der Waals surface area contributed by atoms with E-state index >= 15 is 0 Å². The van der Waals surface area contributed by atoms with Crippen molar-refractivity contribution in [1.29, 1.82) is 0 Å². The van der Waals surface area contributed by atoms with E-state index in [1.807, 2.05) is 0 Å². The molecule has 6 heteroatoms. The maximum Gasteiger partial charge on any atom is 0.239 e. The first kappa shape index (κ1) is 15.0. The third-order valence-electron chi connectivity index (χ3n) is 1.91. The number of rotatable bonds is 7. The molecule has 0 unspecified atom stereocenters. The van der Waals surface area contributed by atoms with Crippen molar-refractivity contribution in [2.24, 2.45) is 11.7 Å². The molecule has 0 rings (SSSR count). The first-order valence-corrected chi connectivity index (χ1v) is 6.17. The van der Waals surface area contributed by atoms with Crippen LogP contribution in [0.1, 0.15) is 20.8 Å². The maximum absolute atomic E-state index is 11.5. The van der Waals surface area contributed by atoms with E-state index < -0.39 is 11.9 Å². The summed E-state index contributed by atoms with van der Waals surface area (Å²) in [6.45, 7) is 4.79. The summed E-state index contributed by atoms with van der Waals surface area (Å²) in [6.07, 6.45) is 0. The SMILES string of the molecule is CC(=O)CSC[C@H](C)C(=O)N[C@H](C)C(N)=O. The van der Waals surface area contributed by atoms with Gasteiger partial charge in [0.1, 0.15) is 11.8 Å². The van der Waals surface area contributed by atoms with Crippen LogP contribution in [0.15, 0.2) is 0 Å². The Labute approximate surface area is 99.5 Å². The Morgan fingerprint density at radius 2 is 1.88 bits per heavy atom. The Kier molecular flexibility index (Phi) is 6.80. The van der Waals surface area contributed by atoms with E-state index in [-0.39, 0.29) is 17.6 Å². The molecule has 0 saturated heterocycles. The summed E-state index contributed by atoms with van der Waals surface area (Å²) in [5.74, 6) is 0.0217. The Morgan fingerprint density at radius 1 is 1.31 bits per heavy atom. The minimum absolute atomic E-state index is 0.0862. The molecule has 0 aromatic carbocycles. The van der Waals surface area contributed by atoms with Crippen molar-refractivity contribution in [1.82, 2.24) is 5.32 Å². The second-order valence-corrected chi connectivity index (χ2v) is 4.78. The normalized spacial score (nSPS) is 13.9. The van der Waals surface area contributed by atoms with Gasteiger partial charge in [-0.1, -0.05) is 6.92 Å². The standard InChI is InChI=1S/C10H18N2O3S/c1-6(4-16-5-7(2)13)10(15)12-8(3)9(11)14/h6,8H,4-5H2,1-3H3,(H2,11,14)(H,12,15)/t6-,8+/m0/s1. The van der Waals surface area contributed by atoms with Crippen LogP contribution in [0.2, 0.25) is 0 Å². The maximum atomic E-state index is 11.5. The smallest absolute Gasteiger partial charge is 0.239 e. The molecule has 5 nitrogen and oxygen atoms in total. The summed E-state index contributed by atoms with van der Waals surface area (Å²) >= 11 is 1.41. The van der Waals surface area contributed by atoms with E-state index in [1.165, 1.54) is 25.6 Å².